The van der Waals surface area contributed by atoms with Gasteiger partial charge in [0.25, 0.3) is 0 Å². The Hall–Kier alpha value is -3.56. The maximum Gasteiger partial charge on any atom is 0.416 e. The Morgan fingerprint density at radius 2 is 1.64 bits per heavy atom. The van der Waals surface area contributed by atoms with Crippen molar-refractivity contribution in [2.75, 3.05) is 5.32 Å². The lowest BCUT2D eigenvalue weighted by Crippen LogP contribution is -2.04. The highest BCUT2D eigenvalue weighted by molar-refractivity contribution is 6.39. The van der Waals surface area contributed by atoms with Crippen LogP contribution in [0, 0.1) is 0 Å². The number of imidazole rings is 1. The summed E-state index contributed by atoms with van der Waals surface area (Å²) in [7, 11) is 0. The van der Waals surface area contributed by atoms with Crippen molar-refractivity contribution < 1.29 is 17.6 Å². The number of hydrogen-bond donors (Lipinski definition) is 2. The van der Waals surface area contributed by atoms with Crippen molar-refractivity contribution in [2.45, 2.75) is 6.18 Å². The van der Waals surface area contributed by atoms with E-state index >= 15 is 0 Å². The molecule has 0 aliphatic rings. The van der Waals surface area contributed by atoms with E-state index in [2.05, 4.69) is 25.5 Å². The van der Waals surface area contributed by atoms with Crippen molar-refractivity contribution in [3.8, 4) is 22.8 Å². The third-order valence-corrected chi connectivity index (χ3v) is 5.45. The molecule has 2 N–H and O–H groups in total. The molecular formula is C22H12Cl2F3N5O. The van der Waals surface area contributed by atoms with E-state index in [1.54, 1.807) is 36.4 Å². The summed E-state index contributed by atoms with van der Waals surface area (Å²) in [6.07, 6.45) is -4.40. The lowest BCUT2D eigenvalue weighted by atomic mass is 10.2. The molecule has 33 heavy (non-hydrogen) atoms. The number of nitrogens with one attached hydrogen (secondary N) is 2. The van der Waals surface area contributed by atoms with Gasteiger partial charge in [0, 0.05) is 11.3 Å². The summed E-state index contributed by atoms with van der Waals surface area (Å²) in [5, 5.41) is 11.6. The fraction of sp³-hybridized carbons (Fsp3) is 0.0455. The molecule has 0 fully saturated rings. The van der Waals surface area contributed by atoms with Crippen LogP contribution in [-0.2, 0) is 6.18 Å². The normalized spacial score (nSPS) is 11.8. The van der Waals surface area contributed by atoms with Crippen LogP contribution in [0.15, 0.2) is 65.1 Å². The van der Waals surface area contributed by atoms with Gasteiger partial charge in [-0.2, -0.15) is 13.2 Å². The van der Waals surface area contributed by atoms with Crippen LogP contribution in [0.5, 0.6) is 0 Å². The van der Waals surface area contributed by atoms with Gasteiger partial charge in [-0.05, 0) is 54.6 Å². The van der Waals surface area contributed by atoms with Gasteiger partial charge in [-0.1, -0.05) is 34.4 Å². The van der Waals surface area contributed by atoms with E-state index in [1.807, 2.05) is 0 Å². The molecule has 0 saturated heterocycles. The minimum atomic E-state index is -4.40. The number of halogens is 5. The number of aromatic nitrogens is 4. The summed E-state index contributed by atoms with van der Waals surface area (Å²) in [6.45, 7) is 0. The minimum absolute atomic E-state index is 0.0398. The molecule has 0 unspecified atom stereocenters. The highest BCUT2D eigenvalue weighted by atomic mass is 35.5. The fourth-order valence-electron chi connectivity index (χ4n) is 3.24. The minimum Gasteiger partial charge on any atom is -0.403 e. The summed E-state index contributed by atoms with van der Waals surface area (Å²) < 4.78 is 43.7. The molecule has 5 rings (SSSR count). The van der Waals surface area contributed by atoms with Crippen LogP contribution < -0.4 is 5.32 Å². The molecule has 2 heterocycles. The van der Waals surface area contributed by atoms with Crippen molar-refractivity contribution >= 4 is 45.9 Å². The summed E-state index contributed by atoms with van der Waals surface area (Å²) >= 11 is 12.6. The second-order valence-electron chi connectivity index (χ2n) is 7.03. The number of fused-ring (bicyclic) bond motifs is 1. The summed E-state index contributed by atoms with van der Waals surface area (Å²) in [4.78, 5) is 7.73. The van der Waals surface area contributed by atoms with Crippen molar-refractivity contribution in [1.82, 2.24) is 20.2 Å². The number of rotatable bonds is 4. The lowest BCUT2D eigenvalue weighted by Gasteiger charge is -2.07. The number of benzene rings is 3. The molecule has 166 valence electrons. The van der Waals surface area contributed by atoms with E-state index in [-0.39, 0.29) is 11.9 Å². The predicted molar refractivity (Wildman–Crippen MR) is 120 cm³/mol. The molecular weight excluding hydrogens is 478 g/mol. The van der Waals surface area contributed by atoms with Gasteiger partial charge in [-0.3, -0.25) is 0 Å². The number of aromatic amines is 1. The zero-order valence-corrected chi connectivity index (χ0v) is 17.9. The second kappa shape index (κ2) is 8.09. The molecule has 0 saturated carbocycles. The fourth-order valence-corrected chi connectivity index (χ4v) is 3.82. The molecule has 0 atom stereocenters. The van der Waals surface area contributed by atoms with E-state index < -0.39 is 11.7 Å². The van der Waals surface area contributed by atoms with Crippen molar-refractivity contribution in [3.05, 3.63) is 76.3 Å². The third kappa shape index (κ3) is 4.24. The number of alkyl halides is 3. The van der Waals surface area contributed by atoms with Crippen LogP contribution in [0.25, 0.3) is 33.9 Å². The summed E-state index contributed by atoms with van der Waals surface area (Å²) in [5.74, 6) is 0.742. The Morgan fingerprint density at radius 1 is 0.909 bits per heavy atom. The zero-order chi connectivity index (χ0) is 23.2. The van der Waals surface area contributed by atoms with Crippen molar-refractivity contribution in [1.29, 1.82) is 0 Å². The summed E-state index contributed by atoms with van der Waals surface area (Å²) in [6, 6.07) is 15.1. The molecule has 0 aliphatic heterocycles. The molecule has 5 aromatic rings. The van der Waals surface area contributed by atoms with E-state index in [9.17, 15) is 13.2 Å². The van der Waals surface area contributed by atoms with Gasteiger partial charge in [0.1, 0.15) is 5.82 Å². The maximum atomic E-state index is 12.7. The molecule has 3 aromatic carbocycles. The van der Waals surface area contributed by atoms with Crippen molar-refractivity contribution in [3.63, 3.8) is 0 Å². The van der Waals surface area contributed by atoms with Crippen molar-refractivity contribution in [2.24, 2.45) is 0 Å². The third-order valence-electron chi connectivity index (χ3n) is 4.82. The first-order chi connectivity index (χ1) is 15.8. The molecule has 0 amide bonds. The van der Waals surface area contributed by atoms with Gasteiger partial charge in [0.15, 0.2) is 0 Å². The second-order valence-corrected chi connectivity index (χ2v) is 7.84. The number of nitrogens with zero attached hydrogens (tertiary/aromatic N) is 3. The van der Waals surface area contributed by atoms with Crippen LogP contribution >= 0.6 is 23.2 Å². The van der Waals surface area contributed by atoms with Crippen LogP contribution in [-0.4, -0.2) is 20.2 Å². The average Bonchev–Trinajstić information content (AvgIpc) is 3.39. The van der Waals surface area contributed by atoms with E-state index in [1.165, 1.54) is 12.1 Å². The first-order valence-corrected chi connectivity index (χ1v) is 10.3. The van der Waals surface area contributed by atoms with Gasteiger partial charge < -0.3 is 14.7 Å². The largest absolute Gasteiger partial charge is 0.416 e. The Kier molecular flexibility index (Phi) is 5.22. The molecule has 0 radical (unpaired) electrons. The monoisotopic (exact) mass is 489 g/mol. The average molecular weight is 490 g/mol. The maximum absolute atomic E-state index is 12.7. The highest BCUT2D eigenvalue weighted by Gasteiger charge is 2.30. The lowest BCUT2D eigenvalue weighted by molar-refractivity contribution is -0.137. The molecule has 0 spiro atoms. The molecule has 0 bridgehead atoms. The Labute approximate surface area is 194 Å². The Balaban J connectivity index is 1.40. The SMILES string of the molecule is FC(F)(F)c1ccc(Nc2nnc(-c3ccc4nc(-c5c(Cl)cccc5Cl)[nH]c4c3)o2)cc1. The van der Waals surface area contributed by atoms with E-state index in [4.69, 9.17) is 27.6 Å². The van der Waals surface area contributed by atoms with Crippen LogP contribution in [0.2, 0.25) is 10.0 Å². The highest BCUT2D eigenvalue weighted by Crippen LogP contribution is 2.35. The number of H-pyrrole nitrogens is 1. The Morgan fingerprint density at radius 3 is 2.33 bits per heavy atom. The van der Waals surface area contributed by atoms with Gasteiger partial charge in [-0.15, -0.1) is 5.10 Å². The smallest absolute Gasteiger partial charge is 0.403 e. The quantitative estimate of drug-likeness (QED) is 0.275. The Bertz CT molecular complexity index is 1440. The zero-order valence-electron chi connectivity index (χ0n) is 16.4. The molecule has 11 heteroatoms. The predicted octanol–water partition coefficient (Wildman–Crippen LogP) is 7.35. The van der Waals surface area contributed by atoms with Gasteiger partial charge in [0.05, 0.1) is 32.2 Å². The van der Waals surface area contributed by atoms with Crippen LogP contribution in [0.3, 0.4) is 0 Å². The van der Waals surface area contributed by atoms with Crippen LogP contribution in [0.1, 0.15) is 5.56 Å². The first-order valence-electron chi connectivity index (χ1n) is 9.50. The molecule has 2 aromatic heterocycles. The van der Waals surface area contributed by atoms with Crippen LogP contribution in [0.4, 0.5) is 24.9 Å². The molecule has 6 nitrogen and oxygen atoms in total. The number of hydrogen-bond acceptors (Lipinski definition) is 5. The standard InChI is InChI=1S/C22H12Cl2F3N5O/c23-14-2-1-3-15(24)18(14)19-29-16-9-4-11(10-17(16)30-19)20-31-32-21(33-20)28-13-7-5-12(6-8-13)22(25,26)27/h1-10H,(H,28,32)(H,29,30). The van der Waals surface area contributed by atoms with Gasteiger partial charge >= 0.3 is 12.2 Å². The molecule has 0 aliphatic carbocycles. The number of anilines is 2. The van der Waals surface area contributed by atoms with E-state index in [0.717, 1.165) is 12.1 Å². The summed E-state index contributed by atoms with van der Waals surface area (Å²) in [5.41, 5.74) is 2.24. The van der Waals surface area contributed by atoms with Gasteiger partial charge in [0.2, 0.25) is 5.89 Å². The first kappa shape index (κ1) is 21.3. The van der Waals surface area contributed by atoms with E-state index in [0.29, 0.717) is 43.7 Å². The topological polar surface area (TPSA) is 79.6 Å². The van der Waals surface area contributed by atoms with Gasteiger partial charge in [-0.25, -0.2) is 4.98 Å².